The minimum absolute atomic E-state index is 0.121. The second-order valence-electron chi connectivity index (χ2n) is 9.37. The van der Waals surface area contributed by atoms with Crippen LogP contribution in [0.1, 0.15) is 17.8 Å². The van der Waals surface area contributed by atoms with Crippen LogP contribution in [0.5, 0.6) is 11.5 Å². The van der Waals surface area contributed by atoms with Gasteiger partial charge in [-0.3, -0.25) is 0 Å². The molecule has 0 fully saturated rings. The zero-order valence-corrected chi connectivity index (χ0v) is 25.5. The molecule has 2 heterocycles. The number of methoxy groups -OCH3 is 2. The summed E-state index contributed by atoms with van der Waals surface area (Å²) in [4.78, 5) is 2.82. The Morgan fingerprint density at radius 3 is 2.32 bits per heavy atom. The summed E-state index contributed by atoms with van der Waals surface area (Å²) in [6.07, 6.45) is 2.24. The SMILES string of the molecule is COc1cc2c(cc1OC)N(CCCS(=O)(=O)[O-])/C(=C/c1sc3ccc4ccccc4c3[n+]1CCCS(=O)(=O)[O-])S2. The van der Waals surface area contributed by atoms with Crippen molar-refractivity contribution in [3.05, 3.63) is 58.6 Å². The molecule has 1 aromatic heterocycles. The number of aromatic nitrogens is 1. The third-order valence-corrected chi connectivity index (χ3v) is 10.4. The van der Waals surface area contributed by atoms with Crippen LogP contribution >= 0.6 is 23.1 Å². The lowest BCUT2D eigenvalue weighted by Crippen LogP contribution is -2.36. The molecular formula is C27H27N2O8S4-. The fourth-order valence-corrected chi connectivity index (χ4v) is 8.19. The number of anilines is 1. The summed E-state index contributed by atoms with van der Waals surface area (Å²) in [5, 5.41) is 3.66. The number of rotatable bonds is 11. The molecule has 0 spiro atoms. The van der Waals surface area contributed by atoms with E-state index in [-0.39, 0.29) is 19.4 Å². The molecule has 3 aromatic carbocycles. The molecule has 0 N–H and O–H groups in total. The van der Waals surface area contributed by atoms with Gasteiger partial charge in [0.1, 0.15) is 4.70 Å². The molecule has 1 aliphatic heterocycles. The number of thioether (sulfide) groups is 1. The van der Waals surface area contributed by atoms with Crippen LogP contribution in [-0.2, 0) is 26.8 Å². The number of benzene rings is 3. The van der Waals surface area contributed by atoms with Gasteiger partial charge in [-0.2, -0.15) is 4.57 Å². The zero-order valence-electron chi connectivity index (χ0n) is 22.2. The molecule has 0 saturated carbocycles. The van der Waals surface area contributed by atoms with Gasteiger partial charge in [-0.05, 0) is 23.9 Å². The summed E-state index contributed by atoms with van der Waals surface area (Å²) in [6.45, 7) is 0.577. The molecule has 0 amide bonds. The quantitative estimate of drug-likeness (QED) is 0.174. The van der Waals surface area contributed by atoms with Crippen LogP contribution in [0, 0.1) is 0 Å². The van der Waals surface area contributed by atoms with Crippen molar-refractivity contribution in [2.45, 2.75) is 24.3 Å². The van der Waals surface area contributed by atoms with E-state index in [0.29, 0.717) is 18.0 Å². The summed E-state index contributed by atoms with van der Waals surface area (Å²) in [6, 6.07) is 15.6. The highest BCUT2D eigenvalue weighted by Crippen LogP contribution is 2.51. The summed E-state index contributed by atoms with van der Waals surface area (Å²) >= 11 is 3.00. The maximum absolute atomic E-state index is 11.4. The highest BCUT2D eigenvalue weighted by molar-refractivity contribution is 8.04. The van der Waals surface area contributed by atoms with Crippen molar-refractivity contribution in [2.75, 3.05) is 37.2 Å². The van der Waals surface area contributed by atoms with Crippen LogP contribution in [0.15, 0.2) is 58.5 Å². The number of hydrogen-bond donors (Lipinski definition) is 0. The van der Waals surface area contributed by atoms with Crippen molar-refractivity contribution in [1.82, 2.24) is 0 Å². The van der Waals surface area contributed by atoms with Crippen LogP contribution in [0.3, 0.4) is 0 Å². The van der Waals surface area contributed by atoms with E-state index in [2.05, 4.69) is 0 Å². The number of hydrogen-bond acceptors (Lipinski definition) is 11. The second kappa shape index (κ2) is 11.8. The Morgan fingerprint density at radius 1 is 0.927 bits per heavy atom. The fourth-order valence-electron chi connectivity index (χ4n) is 4.87. The van der Waals surface area contributed by atoms with Crippen molar-refractivity contribution in [2.24, 2.45) is 0 Å². The van der Waals surface area contributed by atoms with Gasteiger partial charge in [-0.1, -0.05) is 47.4 Å². The van der Waals surface area contributed by atoms with Crippen LogP contribution in [0.25, 0.3) is 27.1 Å². The number of aryl methyl sites for hydroxylation is 1. The minimum Gasteiger partial charge on any atom is -0.748 e. The van der Waals surface area contributed by atoms with Crippen molar-refractivity contribution < 1.29 is 40.0 Å². The van der Waals surface area contributed by atoms with E-state index in [9.17, 15) is 25.9 Å². The first-order chi connectivity index (χ1) is 19.5. The van der Waals surface area contributed by atoms with Crippen molar-refractivity contribution in [3.63, 3.8) is 0 Å². The van der Waals surface area contributed by atoms with E-state index in [1.165, 1.54) is 30.2 Å². The van der Waals surface area contributed by atoms with Gasteiger partial charge in [0.25, 0.3) is 5.01 Å². The smallest absolute Gasteiger partial charge is 0.265 e. The number of nitrogens with zero attached hydrogens (tertiary/aromatic N) is 2. The normalized spacial score (nSPS) is 14.7. The maximum atomic E-state index is 11.4. The lowest BCUT2D eigenvalue weighted by molar-refractivity contribution is -0.667. The number of fused-ring (bicyclic) bond motifs is 4. The maximum Gasteiger partial charge on any atom is 0.265 e. The Morgan fingerprint density at radius 2 is 1.61 bits per heavy atom. The van der Waals surface area contributed by atoms with Crippen LogP contribution in [-0.4, -0.2) is 58.2 Å². The summed E-state index contributed by atoms with van der Waals surface area (Å²) in [5.41, 5.74) is 1.73. The summed E-state index contributed by atoms with van der Waals surface area (Å²) in [7, 11) is -5.68. The molecule has 10 nitrogen and oxygen atoms in total. The lowest BCUT2D eigenvalue weighted by Gasteiger charge is -2.21. The molecule has 1 aliphatic rings. The molecular weight excluding hydrogens is 609 g/mol. The molecule has 41 heavy (non-hydrogen) atoms. The molecule has 5 rings (SSSR count). The van der Waals surface area contributed by atoms with Gasteiger partial charge in [0, 0.05) is 41.5 Å². The molecule has 0 unspecified atom stereocenters. The third-order valence-electron chi connectivity index (χ3n) is 6.65. The molecule has 0 atom stereocenters. The average Bonchev–Trinajstić information content (AvgIpc) is 3.43. The Bertz CT molecular complexity index is 1870. The highest BCUT2D eigenvalue weighted by Gasteiger charge is 2.30. The van der Waals surface area contributed by atoms with Gasteiger partial charge < -0.3 is 23.5 Å². The van der Waals surface area contributed by atoms with Crippen LogP contribution < -0.4 is 18.9 Å². The topological polar surface area (TPSA) is 140 Å². The van der Waals surface area contributed by atoms with E-state index in [1.54, 1.807) is 7.11 Å². The standard InChI is InChI=1S/C27H28N2O8S4/c1-36-21-15-20-24(16-22(21)37-2)39-25(28(20)11-5-13-40(30,31)32)17-26-29(12-6-14-41(33,34)35)27-19-8-4-3-7-18(19)9-10-23(27)38-26/h3-4,7-10,15-17H,5-6,11-14H2,1-2H3,(H-,30,31,32,33,34,35)/p-1. The molecule has 0 saturated heterocycles. The van der Waals surface area contributed by atoms with E-state index < -0.39 is 31.7 Å². The van der Waals surface area contributed by atoms with E-state index >= 15 is 0 Å². The van der Waals surface area contributed by atoms with Gasteiger partial charge in [-0.15, -0.1) is 0 Å². The number of ether oxygens (including phenoxy) is 2. The molecule has 0 bridgehead atoms. The predicted molar refractivity (Wildman–Crippen MR) is 159 cm³/mol. The third kappa shape index (κ3) is 6.63. The lowest BCUT2D eigenvalue weighted by atomic mass is 10.1. The largest absolute Gasteiger partial charge is 0.748 e. The monoisotopic (exact) mass is 635 g/mol. The second-order valence-corrected chi connectivity index (χ2v) is 14.5. The van der Waals surface area contributed by atoms with Crippen molar-refractivity contribution in [1.29, 1.82) is 0 Å². The van der Waals surface area contributed by atoms with E-state index in [4.69, 9.17) is 9.47 Å². The summed E-state index contributed by atoms with van der Waals surface area (Å²) < 4.78 is 82.1. The molecule has 0 aliphatic carbocycles. The molecule has 4 aromatic rings. The van der Waals surface area contributed by atoms with Gasteiger partial charge in [0.05, 0.1) is 56.6 Å². The highest BCUT2D eigenvalue weighted by atomic mass is 32.2. The van der Waals surface area contributed by atoms with Gasteiger partial charge in [-0.25, -0.2) is 16.8 Å². The zero-order chi connectivity index (χ0) is 29.4. The van der Waals surface area contributed by atoms with Crippen molar-refractivity contribution >= 4 is 76.1 Å². The van der Waals surface area contributed by atoms with Gasteiger partial charge >= 0.3 is 0 Å². The van der Waals surface area contributed by atoms with Crippen LogP contribution in [0.4, 0.5) is 5.69 Å². The van der Waals surface area contributed by atoms with Gasteiger partial charge in [0.2, 0.25) is 5.52 Å². The molecule has 14 heteroatoms. The van der Waals surface area contributed by atoms with E-state index in [1.807, 2.05) is 64.1 Å². The van der Waals surface area contributed by atoms with Crippen molar-refractivity contribution in [3.8, 4) is 11.5 Å². The first-order valence-corrected chi connectivity index (χ1v) is 17.4. The molecule has 218 valence electrons. The average molecular weight is 636 g/mol. The minimum atomic E-state index is -4.38. The Kier molecular flexibility index (Phi) is 8.51. The summed E-state index contributed by atoms with van der Waals surface area (Å²) in [5.74, 6) is 0.0807. The Hall–Kier alpha value is -2.88. The Labute approximate surface area is 246 Å². The first-order valence-electron chi connectivity index (χ1n) is 12.6. The Balaban J connectivity index is 1.63. The van der Waals surface area contributed by atoms with Crippen LogP contribution in [0.2, 0.25) is 0 Å². The fraction of sp³-hybridized carbons (Fsp3) is 0.296. The van der Waals surface area contributed by atoms with E-state index in [0.717, 1.165) is 41.6 Å². The number of thiazole rings is 1. The molecule has 0 radical (unpaired) electrons. The first kappa shape index (κ1) is 29.6. The van der Waals surface area contributed by atoms with Gasteiger partial charge in [0.15, 0.2) is 18.0 Å². The predicted octanol–water partition coefficient (Wildman–Crippen LogP) is 4.14.